The predicted molar refractivity (Wildman–Crippen MR) is 104 cm³/mol. The summed E-state index contributed by atoms with van der Waals surface area (Å²) in [5.41, 5.74) is 1.60. The number of hydrogen-bond acceptors (Lipinski definition) is 4. The summed E-state index contributed by atoms with van der Waals surface area (Å²) in [5, 5.41) is 13.3. The third-order valence-corrected chi connectivity index (χ3v) is 6.89. The van der Waals surface area contributed by atoms with Gasteiger partial charge in [-0.3, -0.25) is 4.90 Å². The zero-order chi connectivity index (χ0) is 17.9. The van der Waals surface area contributed by atoms with Crippen molar-refractivity contribution in [2.24, 2.45) is 5.92 Å². The molecule has 0 amide bonds. The molecule has 2 fully saturated rings. The highest BCUT2D eigenvalue weighted by atomic mass is 32.1. The van der Waals surface area contributed by atoms with Gasteiger partial charge in [0.1, 0.15) is 10.8 Å². The van der Waals surface area contributed by atoms with Gasteiger partial charge in [0.25, 0.3) is 0 Å². The molecule has 1 N–H and O–H groups in total. The van der Waals surface area contributed by atoms with Gasteiger partial charge in [-0.2, -0.15) is 0 Å². The third kappa shape index (κ3) is 3.85. The molecule has 2 heterocycles. The van der Waals surface area contributed by atoms with E-state index in [9.17, 15) is 9.50 Å². The molecule has 1 saturated carbocycles. The van der Waals surface area contributed by atoms with Crippen LogP contribution in [0.3, 0.4) is 0 Å². The Labute approximate surface area is 158 Å². The van der Waals surface area contributed by atoms with Gasteiger partial charge in [0, 0.05) is 29.4 Å². The Morgan fingerprint density at radius 3 is 2.77 bits per heavy atom. The molecule has 3 atom stereocenters. The Balaban J connectivity index is 1.49. The summed E-state index contributed by atoms with van der Waals surface area (Å²) in [6, 6.07) is 7.30. The SMILES string of the molecule is O[C@@H]1CCCC[C@@H]1[C@H]1CCCCN1Cc1csc(-c2ccccc2F)n1. The van der Waals surface area contributed by atoms with Gasteiger partial charge >= 0.3 is 0 Å². The first kappa shape index (κ1) is 18.1. The number of likely N-dealkylation sites (tertiary alicyclic amines) is 1. The predicted octanol–water partition coefficient (Wildman–Crippen LogP) is 4.85. The quantitative estimate of drug-likeness (QED) is 0.831. The first-order valence-corrected chi connectivity index (χ1v) is 10.7. The van der Waals surface area contributed by atoms with E-state index in [2.05, 4.69) is 10.3 Å². The summed E-state index contributed by atoms with van der Waals surface area (Å²) in [4.78, 5) is 7.23. The van der Waals surface area contributed by atoms with Crippen LogP contribution in [0, 0.1) is 11.7 Å². The molecule has 2 aliphatic rings. The van der Waals surface area contributed by atoms with Gasteiger partial charge in [0.2, 0.25) is 0 Å². The molecule has 1 saturated heterocycles. The molecule has 1 aliphatic carbocycles. The van der Waals surface area contributed by atoms with Crippen LogP contribution >= 0.6 is 11.3 Å². The molecular weight excluding hydrogens is 347 g/mol. The number of nitrogens with zero attached hydrogens (tertiary/aromatic N) is 2. The summed E-state index contributed by atoms with van der Waals surface area (Å²) in [5.74, 6) is 0.184. The lowest BCUT2D eigenvalue weighted by Gasteiger charge is -2.43. The second-order valence-corrected chi connectivity index (χ2v) is 8.53. The molecule has 3 nitrogen and oxygen atoms in total. The van der Waals surface area contributed by atoms with E-state index >= 15 is 0 Å². The van der Waals surface area contributed by atoms with Crippen LogP contribution in [0.2, 0.25) is 0 Å². The number of thiazole rings is 1. The van der Waals surface area contributed by atoms with Crippen molar-refractivity contribution in [3.8, 4) is 10.6 Å². The minimum absolute atomic E-state index is 0.154. The van der Waals surface area contributed by atoms with Gasteiger partial charge in [-0.25, -0.2) is 9.37 Å². The number of hydrogen-bond donors (Lipinski definition) is 1. The molecule has 0 unspecified atom stereocenters. The minimum Gasteiger partial charge on any atom is -0.393 e. The lowest BCUT2D eigenvalue weighted by molar-refractivity contribution is -0.00895. The van der Waals surface area contributed by atoms with Crippen LogP contribution in [0.5, 0.6) is 0 Å². The summed E-state index contributed by atoms with van der Waals surface area (Å²) >= 11 is 1.52. The van der Waals surface area contributed by atoms with Crippen LogP contribution in [0.15, 0.2) is 29.6 Å². The molecule has 0 spiro atoms. The first-order valence-electron chi connectivity index (χ1n) is 9.84. The van der Waals surface area contributed by atoms with Crippen molar-refractivity contribution in [1.82, 2.24) is 9.88 Å². The standard InChI is InChI=1S/C21H27FN2OS/c22-18-9-3-1-7-16(18)21-23-15(14-26-21)13-24-12-6-5-10-19(24)17-8-2-4-11-20(17)25/h1,3,7,9,14,17,19-20,25H,2,4-6,8,10-13H2/t17-,19-,20-/m1/s1. The average Bonchev–Trinajstić information content (AvgIpc) is 3.11. The molecule has 26 heavy (non-hydrogen) atoms. The Hall–Kier alpha value is -1.30. The number of benzene rings is 1. The highest BCUT2D eigenvalue weighted by Crippen LogP contribution is 2.35. The number of aliphatic hydroxyl groups excluding tert-OH is 1. The van der Waals surface area contributed by atoms with E-state index in [-0.39, 0.29) is 11.9 Å². The second-order valence-electron chi connectivity index (χ2n) is 7.67. The van der Waals surface area contributed by atoms with Crippen molar-refractivity contribution in [2.45, 2.75) is 63.6 Å². The van der Waals surface area contributed by atoms with Crippen molar-refractivity contribution >= 4 is 11.3 Å². The van der Waals surface area contributed by atoms with Gasteiger partial charge < -0.3 is 5.11 Å². The fourth-order valence-corrected chi connectivity index (χ4v) is 5.47. The van der Waals surface area contributed by atoms with Crippen molar-refractivity contribution in [3.63, 3.8) is 0 Å². The number of aromatic nitrogens is 1. The lowest BCUT2D eigenvalue weighted by Crippen LogP contribution is -2.48. The van der Waals surface area contributed by atoms with Crippen LogP contribution in [-0.4, -0.2) is 33.7 Å². The molecule has 2 aromatic rings. The van der Waals surface area contributed by atoms with Gasteiger partial charge in [0.15, 0.2) is 0 Å². The Morgan fingerprint density at radius 1 is 1.12 bits per heavy atom. The van der Waals surface area contributed by atoms with Crippen molar-refractivity contribution in [2.75, 3.05) is 6.54 Å². The largest absolute Gasteiger partial charge is 0.393 e. The zero-order valence-electron chi connectivity index (χ0n) is 15.1. The summed E-state index contributed by atoms with van der Waals surface area (Å²) in [6.07, 6.45) is 7.96. The Kier molecular flexibility index (Phi) is 5.67. The molecule has 0 radical (unpaired) electrons. The third-order valence-electron chi connectivity index (χ3n) is 5.96. The fraction of sp³-hybridized carbons (Fsp3) is 0.571. The first-order chi connectivity index (χ1) is 12.7. The maximum Gasteiger partial charge on any atom is 0.133 e. The summed E-state index contributed by atoms with van der Waals surface area (Å²) in [7, 11) is 0. The number of halogens is 1. The molecule has 1 aliphatic heterocycles. The molecule has 0 bridgehead atoms. The van der Waals surface area contributed by atoms with E-state index in [4.69, 9.17) is 4.98 Å². The van der Waals surface area contributed by atoms with Gasteiger partial charge in [-0.1, -0.05) is 31.4 Å². The summed E-state index contributed by atoms with van der Waals surface area (Å²) in [6.45, 7) is 1.87. The number of piperidine rings is 1. The van der Waals surface area contributed by atoms with Crippen molar-refractivity contribution < 1.29 is 9.50 Å². The molecule has 4 rings (SSSR count). The van der Waals surface area contributed by atoms with Crippen LogP contribution in [0.25, 0.3) is 10.6 Å². The average molecular weight is 375 g/mol. The monoisotopic (exact) mass is 374 g/mol. The normalized spacial score (nSPS) is 27.5. The molecule has 5 heteroatoms. The zero-order valence-corrected chi connectivity index (χ0v) is 15.9. The Bertz CT molecular complexity index is 734. The number of aliphatic hydroxyl groups is 1. The topological polar surface area (TPSA) is 36.4 Å². The highest BCUT2D eigenvalue weighted by Gasteiger charge is 2.35. The van der Waals surface area contributed by atoms with E-state index in [1.165, 1.54) is 43.1 Å². The fourth-order valence-electron chi connectivity index (χ4n) is 4.63. The van der Waals surface area contributed by atoms with Crippen LogP contribution in [0.1, 0.15) is 50.6 Å². The van der Waals surface area contributed by atoms with Crippen molar-refractivity contribution in [3.05, 3.63) is 41.2 Å². The van der Waals surface area contributed by atoms with E-state index < -0.39 is 0 Å². The number of rotatable bonds is 4. The minimum atomic E-state index is -0.213. The molecule has 1 aromatic carbocycles. The van der Waals surface area contributed by atoms with Crippen LogP contribution in [-0.2, 0) is 6.54 Å². The molecule has 140 valence electrons. The van der Waals surface area contributed by atoms with E-state index in [1.807, 2.05) is 6.07 Å². The maximum absolute atomic E-state index is 14.0. The Morgan fingerprint density at radius 2 is 1.92 bits per heavy atom. The molecular formula is C21H27FN2OS. The molecule has 1 aromatic heterocycles. The van der Waals surface area contributed by atoms with Gasteiger partial charge in [-0.15, -0.1) is 11.3 Å². The van der Waals surface area contributed by atoms with E-state index in [0.29, 0.717) is 17.5 Å². The lowest BCUT2D eigenvalue weighted by atomic mass is 9.78. The van der Waals surface area contributed by atoms with Crippen LogP contribution in [0.4, 0.5) is 4.39 Å². The second kappa shape index (κ2) is 8.15. The highest BCUT2D eigenvalue weighted by molar-refractivity contribution is 7.13. The van der Waals surface area contributed by atoms with E-state index in [1.54, 1.807) is 12.1 Å². The van der Waals surface area contributed by atoms with Gasteiger partial charge in [0.05, 0.1) is 11.8 Å². The van der Waals surface area contributed by atoms with E-state index in [0.717, 1.165) is 43.1 Å². The van der Waals surface area contributed by atoms with Crippen molar-refractivity contribution in [1.29, 1.82) is 0 Å². The van der Waals surface area contributed by atoms with Gasteiger partial charge in [-0.05, 0) is 44.4 Å². The maximum atomic E-state index is 14.0. The summed E-state index contributed by atoms with van der Waals surface area (Å²) < 4.78 is 14.0. The van der Waals surface area contributed by atoms with Crippen LogP contribution < -0.4 is 0 Å². The smallest absolute Gasteiger partial charge is 0.133 e.